The molecule has 4 rings (SSSR count). The zero-order valence-corrected chi connectivity index (χ0v) is 23.0. The van der Waals surface area contributed by atoms with Crippen molar-refractivity contribution in [2.24, 2.45) is 5.73 Å². The first-order valence-corrected chi connectivity index (χ1v) is 14.0. The molecule has 1 aromatic heterocycles. The molecule has 0 radical (unpaired) electrons. The number of benzene rings is 2. The molecule has 2 aromatic carbocycles. The molecule has 40 heavy (non-hydrogen) atoms. The van der Waals surface area contributed by atoms with Crippen LogP contribution in [-0.4, -0.2) is 80.0 Å². The SMILES string of the molecule is NCCOCCOCCNC(=O)c1ccc(CNc2nc(NCCc3ccccc3)nc(N3CCCC3)n2)cc1. The Balaban J connectivity index is 1.26. The summed E-state index contributed by atoms with van der Waals surface area (Å²) in [5.74, 6) is 1.64. The lowest BCUT2D eigenvalue weighted by atomic mass is 10.1. The molecule has 2 heterocycles. The number of amides is 1. The van der Waals surface area contributed by atoms with Crippen LogP contribution in [0, 0.1) is 0 Å². The van der Waals surface area contributed by atoms with E-state index < -0.39 is 0 Å². The molecule has 11 heteroatoms. The van der Waals surface area contributed by atoms with Crippen molar-refractivity contribution in [3.8, 4) is 0 Å². The highest BCUT2D eigenvalue weighted by Gasteiger charge is 2.17. The van der Waals surface area contributed by atoms with E-state index in [1.807, 2.05) is 42.5 Å². The molecule has 1 fully saturated rings. The summed E-state index contributed by atoms with van der Waals surface area (Å²) >= 11 is 0. The summed E-state index contributed by atoms with van der Waals surface area (Å²) < 4.78 is 10.7. The third kappa shape index (κ3) is 9.74. The van der Waals surface area contributed by atoms with Crippen molar-refractivity contribution in [3.05, 3.63) is 71.3 Å². The van der Waals surface area contributed by atoms with Crippen molar-refractivity contribution < 1.29 is 14.3 Å². The first-order chi connectivity index (χ1) is 19.7. The zero-order valence-electron chi connectivity index (χ0n) is 23.0. The van der Waals surface area contributed by atoms with E-state index in [4.69, 9.17) is 15.2 Å². The standard InChI is InChI=1S/C29H40N8O3/c30-13-18-39-20-21-40-19-15-31-26(38)25-10-8-24(9-11-25)22-33-28-34-27(32-14-12-23-6-2-1-3-7-23)35-29(36-28)37-16-4-5-17-37/h1-3,6-11H,4-5,12-22,30H2,(H,31,38)(H2,32,33,34,35,36). The Morgan fingerprint density at radius 3 is 2.23 bits per heavy atom. The number of nitrogens with two attached hydrogens (primary N) is 1. The topological polar surface area (TPSA) is 140 Å². The maximum Gasteiger partial charge on any atom is 0.251 e. The fraction of sp³-hybridized carbons (Fsp3) is 0.448. The third-order valence-electron chi connectivity index (χ3n) is 6.39. The number of hydrogen-bond donors (Lipinski definition) is 4. The summed E-state index contributed by atoms with van der Waals surface area (Å²) in [4.78, 5) is 28.6. The van der Waals surface area contributed by atoms with Gasteiger partial charge in [0.05, 0.1) is 26.4 Å². The van der Waals surface area contributed by atoms with E-state index >= 15 is 0 Å². The predicted molar refractivity (Wildman–Crippen MR) is 157 cm³/mol. The summed E-state index contributed by atoms with van der Waals surface area (Å²) in [5, 5.41) is 9.55. The van der Waals surface area contributed by atoms with Crippen molar-refractivity contribution in [2.45, 2.75) is 25.8 Å². The van der Waals surface area contributed by atoms with E-state index in [0.29, 0.717) is 69.5 Å². The fourth-order valence-electron chi connectivity index (χ4n) is 4.24. The van der Waals surface area contributed by atoms with Crippen LogP contribution in [-0.2, 0) is 22.4 Å². The quantitative estimate of drug-likeness (QED) is 0.186. The highest BCUT2D eigenvalue weighted by molar-refractivity contribution is 5.94. The predicted octanol–water partition coefficient (Wildman–Crippen LogP) is 2.46. The van der Waals surface area contributed by atoms with Gasteiger partial charge in [0, 0.05) is 44.8 Å². The number of nitrogens with one attached hydrogen (secondary N) is 3. The molecule has 0 atom stereocenters. The number of ether oxygens (including phenoxy) is 2. The molecule has 0 spiro atoms. The van der Waals surface area contributed by atoms with Gasteiger partial charge in [0.1, 0.15) is 0 Å². The van der Waals surface area contributed by atoms with Gasteiger partial charge in [-0.3, -0.25) is 4.79 Å². The van der Waals surface area contributed by atoms with Crippen LogP contribution in [0.15, 0.2) is 54.6 Å². The molecule has 3 aromatic rings. The maximum absolute atomic E-state index is 12.4. The lowest BCUT2D eigenvalue weighted by Crippen LogP contribution is -2.27. The van der Waals surface area contributed by atoms with Gasteiger partial charge >= 0.3 is 0 Å². The van der Waals surface area contributed by atoms with Gasteiger partial charge in [0.15, 0.2) is 0 Å². The molecular weight excluding hydrogens is 508 g/mol. The number of nitrogens with zero attached hydrogens (tertiary/aromatic N) is 4. The van der Waals surface area contributed by atoms with Gasteiger partial charge in [-0.15, -0.1) is 0 Å². The first-order valence-electron chi connectivity index (χ1n) is 14.0. The highest BCUT2D eigenvalue weighted by atomic mass is 16.5. The Morgan fingerprint density at radius 2 is 1.50 bits per heavy atom. The molecule has 1 saturated heterocycles. The van der Waals surface area contributed by atoms with Crippen LogP contribution >= 0.6 is 0 Å². The third-order valence-corrected chi connectivity index (χ3v) is 6.39. The molecule has 0 unspecified atom stereocenters. The summed E-state index contributed by atoms with van der Waals surface area (Å²) in [5.41, 5.74) is 8.23. The smallest absolute Gasteiger partial charge is 0.251 e. The highest BCUT2D eigenvalue weighted by Crippen LogP contribution is 2.19. The Hall–Kier alpha value is -3.80. The minimum atomic E-state index is -0.138. The second kappa shape index (κ2) is 16.3. The van der Waals surface area contributed by atoms with E-state index in [2.05, 4.69) is 47.9 Å². The summed E-state index contributed by atoms with van der Waals surface area (Å²) in [6.45, 7) is 6.00. The molecule has 0 bridgehead atoms. The normalized spacial score (nSPS) is 12.9. The minimum Gasteiger partial charge on any atom is -0.378 e. The van der Waals surface area contributed by atoms with Crippen LogP contribution in [0.25, 0.3) is 0 Å². The Labute approximate surface area is 235 Å². The van der Waals surface area contributed by atoms with E-state index in [0.717, 1.165) is 44.5 Å². The second-order valence-corrected chi connectivity index (χ2v) is 9.46. The number of aromatic nitrogens is 3. The Kier molecular flexibility index (Phi) is 11.9. The van der Waals surface area contributed by atoms with Gasteiger partial charge in [-0.25, -0.2) is 0 Å². The van der Waals surface area contributed by atoms with E-state index in [-0.39, 0.29) is 5.91 Å². The van der Waals surface area contributed by atoms with Crippen molar-refractivity contribution in [3.63, 3.8) is 0 Å². The number of anilines is 3. The van der Waals surface area contributed by atoms with Crippen LogP contribution in [0.2, 0.25) is 0 Å². The van der Waals surface area contributed by atoms with Gasteiger partial charge in [0.2, 0.25) is 17.8 Å². The molecule has 11 nitrogen and oxygen atoms in total. The Morgan fingerprint density at radius 1 is 0.800 bits per heavy atom. The van der Waals surface area contributed by atoms with Crippen molar-refractivity contribution >= 4 is 23.8 Å². The molecule has 1 aliphatic rings. The number of rotatable bonds is 17. The summed E-state index contributed by atoms with van der Waals surface area (Å²) in [6, 6.07) is 17.8. The molecule has 1 aliphatic heterocycles. The number of carbonyl (C=O) groups is 1. The average Bonchev–Trinajstić information content (AvgIpc) is 3.54. The van der Waals surface area contributed by atoms with Crippen LogP contribution < -0.4 is 26.6 Å². The summed E-state index contributed by atoms with van der Waals surface area (Å²) in [6.07, 6.45) is 3.16. The van der Waals surface area contributed by atoms with Gasteiger partial charge in [-0.1, -0.05) is 42.5 Å². The number of hydrogen-bond acceptors (Lipinski definition) is 10. The minimum absolute atomic E-state index is 0.138. The first kappa shape index (κ1) is 29.2. The summed E-state index contributed by atoms with van der Waals surface area (Å²) in [7, 11) is 0. The second-order valence-electron chi connectivity index (χ2n) is 9.46. The van der Waals surface area contributed by atoms with Gasteiger partial charge < -0.3 is 36.1 Å². The van der Waals surface area contributed by atoms with Gasteiger partial charge in [0.25, 0.3) is 5.91 Å². The monoisotopic (exact) mass is 548 g/mol. The maximum atomic E-state index is 12.4. The molecule has 0 saturated carbocycles. The molecule has 0 aliphatic carbocycles. The lowest BCUT2D eigenvalue weighted by Gasteiger charge is -2.17. The van der Waals surface area contributed by atoms with Crippen molar-refractivity contribution in [1.82, 2.24) is 20.3 Å². The number of carbonyl (C=O) groups excluding carboxylic acids is 1. The van der Waals surface area contributed by atoms with Crippen LogP contribution in [0.3, 0.4) is 0 Å². The zero-order chi connectivity index (χ0) is 27.8. The van der Waals surface area contributed by atoms with Crippen LogP contribution in [0.1, 0.15) is 34.3 Å². The Bertz CT molecular complexity index is 1160. The largest absolute Gasteiger partial charge is 0.378 e. The van der Waals surface area contributed by atoms with Crippen molar-refractivity contribution in [2.75, 3.05) is 74.7 Å². The van der Waals surface area contributed by atoms with Crippen LogP contribution in [0.4, 0.5) is 17.8 Å². The van der Waals surface area contributed by atoms with E-state index in [9.17, 15) is 4.79 Å². The van der Waals surface area contributed by atoms with Gasteiger partial charge in [-0.05, 0) is 42.5 Å². The van der Waals surface area contributed by atoms with Crippen molar-refractivity contribution in [1.29, 1.82) is 0 Å². The molecular formula is C29H40N8O3. The lowest BCUT2D eigenvalue weighted by molar-refractivity contribution is 0.0511. The molecule has 5 N–H and O–H groups in total. The molecule has 214 valence electrons. The van der Waals surface area contributed by atoms with Gasteiger partial charge in [-0.2, -0.15) is 15.0 Å². The van der Waals surface area contributed by atoms with E-state index in [1.165, 1.54) is 5.56 Å². The van der Waals surface area contributed by atoms with Crippen LogP contribution in [0.5, 0.6) is 0 Å². The molecule has 1 amide bonds. The fourth-order valence-corrected chi connectivity index (χ4v) is 4.24. The average molecular weight is 549 g/mol. The van der Waals surface area contributed by atoms with E-state index in [1.54, 1.807) is 0 Å².